The fourth-order valence-corrected chi connectivity index (χ4v) is 6.95. The molecule has 0 spiro atoms. The van der Waals surface area contributed by atoms with Crippen molar-refractivity contribution in [3.8, 4) is 0 Å². The molecule has 2 aromatic rings. The van der Waals surface area contributed by atoms with Crippen molar-refractivity contribution in [3.05, 3.63) is 39.8 Å². The van der Waals surface area contributed by atoms with Crippen molar-refractivity contribution in [1.82, 2.24) is 9.89 Å². The first-order valence-electron chi connectivity index (χ1n) is 11.5. The van der Waals surface area contributed by atoms with Gasteiger partial charge in [0, 0.05) is 11.8 Å². The number of carbonyl (C=O) groups is 1. The molecule has 1 N–H and O–H groups in total. The van der Waals surface area contributed by atoms with Gasteiger partial charge in [0.1, 0.15) is 0 Å². The number of carbonyl (C=O) groups excluding carboxylic acids is 1. The summed E-state index contributed by atoms with van der Waals surface area (Å²) in [5, 5.41) is 4.61. The molecule has 0 radical (unpaired) electrons. The van der Waals surface area contributed by atoms with Crippen LogP contribution in [0.1, 0.15) is 76.0 Å². The zero-order chi connectivity index (χ0) is 22.8. The maximum atomic E-state index is 13.2. The van der Waals surface area contributed by atoms with Gasteiger partial charge in [-0.25, -0.2) is 5.43 Å². The van der Waals surface area contributed by atoms with Crippen LogP contribution >= 0.6 is 0 Å². The molecule has 5 nitrogen and oxygen atoms in total. The molecule has 4 fully saturated rings. The minimum absolute atomic E-state index is 0.0103. The number of fused-ring (bicyclic) bond motifs is 1. The smallest absolute Gasteiger partial charge is 0.273 e. The van der Waals surface area contributed by atoms with Crippen LogP contribution in [0.4, 0.5) is 13.2 Å². The lowest BCUT2D eigenvalue weighted by molar-refractivity contribution is -0.137. The van der Waals surface area contributed by atoms with E-state index in [0.717, 1.165) is 36.2 Å². The first-order valence-corrected chi connectivity index (χ1v) is 11.5. The van der Waals surface area contributed by atoms with Gasteiger partial charge in [0.2, 0.25) is 5.91 Å². The average molecular weight is 448 g/mol. The molecule has 1 aromatic heterocycles. The summed E-state index contributed by atoms with van der Waals surface area (Å²) in [7, 11) is 0. The Morgan fingerprint density at radius 2 is 1.72 bits per heavy atom. The van der Waals surface area contributed by atoms with Crippen LogP contribution in [-0.4, -0.2) is 15.8 Å². The molecule has 1 heterocycles. The summed E-state index contributed by atoms with van der Waals surface area (Å²) in [6.45, 7) is 3.71. The van der Waals surface area contributed by atoms with Crippen molar-refractivity contribution in [3.63, 3.8) is 0 Å². The first kappa shape index (κ1) is 21.5. The zero-order valence-electron chi connectivity index (χ0n) is 18.3. The Bertz CT molecular complexity index is 1100. The molecule has 0 unspecified atom stereocenters. The number of nitrogens with zero attached hydrogens (tertiary/aromatic N) is 2. The predicted molar refractivity (Wildman–Crippen MR) is 115 cm³/mol. The molecule has 0 atom stereocenters. The van der Waals surface area contributed by atoms with Crippen LogP contribution in [0.15, 0.2) is 23.0 Å². The minimum atomic E-state index is -4.56. The van der Waals surface area contributed by atoms with Gasteiger partial charge in [-0.2, -0.15) is 18.3 Å². The fraction of sp³-hybridized carbons (Fsp3) is 0.625. The van der Waals surface area contributed by atoms with E-state index in [1.807, 2.05) is 13.8 Å². The Hall–Kier alpha value is -2.38. The third-order valence-electron chi connectivity index (χ3n) is 7.73. The van der Waals surface area contributed by atoms with Gasteiger partial charge < -0.3 is 0 Å². The maximum Gasteiger partial charge on any atom is 0.416 e. The summed E-state index contributed by atoms with van der Waals surface area (Å²) in [5.74, 6) is 1.67. The number of rotatable bonds is 4. The number of hydrogen-bond acceptors (Lipinski definition) is 3. The van der Waals surface area contributed by atoms with E-state index in [9.17, 15) is 22.8 Å². The summed E-state index contributed by atoms with van der Waals surface area (Å²) in [5.41, 5.74) is 1.43. The van der Waals surface area contributed by atoms with Crippen LogP contribution in [0.2, 0.25) is 0 Å². The summed E-state index contributed by atoms with van der Waals surface area (Å²) in [6, 6.07) is 3.11. The molecular formula is C24H28F3N3O2. The van der Waals surface area contributed by atoms with E-state index >= 15 is 0 Å². The van der Waals surface area contributed by atoms with E-state index in [4.69, 9.17) is 0 Å². The second-order valence-corrected chi connectivity index (χ2v) is 10.6. The summed E-state index contributed by atoms with van der Waals surface area (Å²) < 4.78 is 39.7. The summed E-state index contributed by atoms with van der Waals surface area (Å²) in [6.07, 6.45) is 2.75. The van der Waals surface area contributed by atoms with E-state index in [-0.39, 0.29) is 22.6 Å². The molecule has 4 saturated carbocycles. The number of alkyl halides is 3. The van der Waals surface area contributed by atoms with Crippen molar-refractivity contribution < 1.29 is 18.0 Å². The lowest BCUT2D eigenvalue weighted by atomic mass is 9.49. The average Bonchev–Trinajstić information content (AvgIpc) is 2.67. The lowest BCUT2D eigenvalue weighted by Crippen LogP contribution is -2.48. The highest BCUT2D eigenvalue weighted by Gasteiger charge is 2.51. The van der Waals surface area contributed by atoms with Crippen LogP contribution in [0.25, 0.3) is 10.8 Å². The SMILES string of the molecule is CC(C)c1nn(NC(=O)CC23CC4CC(CC(C4)C2)C3)c(=O)c2cc(C(F)(F)F)ccc12. The van der Waals surface area contributed by atoms with E-state index in [2.05, 4.69) is 10.5 Å². The number of hydrogen-bond donors (Lipinski definition) is 1. The third-order valence-corrected chi connectivity index (χ3v) is 7.73. The van der Waals surface area contributed by atoms with E-state index in [1.165, 1.54) is 25.3 Å². The van der Waals surface area contributed by atoms with Crippen molar-refractivity contribution >= 4 is 16.7 Å². The molecule has 0 aliphatic heterocycles. The van der Waals surface area contributed by atoms with Gasteiger partial charge in [-0.05, 0) is 79.7 Å². The predicted octanol–water partition coefficient (Wildman–Crippen LogP) is 5.22. The third kappa shape index (κ3) is 3.71. The van der Waals surface area contributed by atoms with Gasteiger partial charge >= 0.3 is 6.18 Å². The lowest BCUT2D eigenvalue weighted by Gasteiger charge is -2.56. The highest BCUT2D eigenvalue weighted by atomic mass is 19.4. The fourth-order valence-electron chi connectivity index (χ4n) is 6.95. The van der Waals surface area contributed by atoms with Gasteiger partial charge in [0.15, 0.2) is 0 Å². The Morgan fingerprint density at radius 3 is 2.25 bits per heavy atom. The molecule has 172 valence electrons. The van der Waals surface area contributed by atoms with Crippen LogP contribution < -0.4 is 11.0 Å². The van der Waals surface area contributed by atoms with Crippen LogP contribution in [-0.2, 0) is 11.0 Å². The van der Waals surface area contributed by atoms with Crippen LogP contribution in [0.3, 0.4) is 0 Å². The molecule has 32 heavy (non-hydrogen) atoms. The molecule has 8 heteroatoms. The molecule has 1 aromatic carbocycles. The maximum absolute atomic E-state index is 13.2. The van der Waals surface area contributed by atoms with Gasteiger partial charge in [-0.15, -0.1) is 4.79 Å². The Labute approximate surface area is 184 Å². The number of nitrogens with one attached hydrogen (secondary N) is 1. The van der Waals surface area contributed by atoms with Crippen molar-refractivity contribution in [2.75, 3.05) is 5.43 Å². The molecule has 1 amide bonds. The van der Waals surface area contributed by atoms with Crippen LogP contribution in [0.5, 0.6) is 0 Å². The second kappa shape index (κ2) is 7.32. The topological polar surface area (TPSA) is 64.0 Å². The van der Waals surface area contributed by atoms with Gasteiger partial charge in [0.05, 0.1) is 16.6 Å². The molecule has 4 bridgehead atoms. The Kier molecular flexibility index (Phi) is 4.91. The van der Waals surface area contributed by atoms with E-state index in [0.29, 0.717) is 35.3 Å². The number of amides is 1. The van der Waals surface area contributed by atoms with E-state index in [1.54, 1.807) is 0 Å². The Balaban J connectivity index is 1.46. The standard InChI is InChI=1S/C24H28F3N3O2/c1-13(2)21-18-4-3-17(24(25,26)27)8-19(18)22(32)30(29-21)28-20(31)12-23-9-14-5-15(10-23)7-16(6-14)11-23/h3-4,8,13-16H,5-7,9-12H2,1-2H3,(H,28,31). The highest BCUT2D eigenvalue weighted by Crippen LogP contribution is 2.61. The normalized spacial score (nSPS) is 29.1. The quantitative estimate of drug-likeness (QED) is 0.699. The minimum Gasteiger partial charge on any atom is -0.273 e. The Morgan fingerprint density at radius 1 is 1.12 bits per heavy atom. The molecule has 0 saturated heterocycles. The number of aromatic nitrogens is 2. The van der Waals surface area contributed by atoms with Crippen molar-refractivity contribution in [1.29, 1.82) is 0 Å². The van der Waals surface area contributed by atoms with Gasteiger partial charge in [-0.3, -0.25) is 9.59 Å². The summed E-state index contributed by atoms with van der Waals surface area (Å²) >= 11 is 0. The number of halogens is 3. The van der Waals surface area contributed by atoms with Crippen molar-refractivity contribution in [2.24, 2.45) is 23.2 Å². The monoisotopic (exact) mass is 447 g/mol. The first-order chi connectivity index (χ1) is 15.0. The molecular weight excluding hydrogens is 419 g/mol. The molecule has 6 rings (SSSR count). The summed E-state index contributed by atoms with van der Waals surface area (Å²) in [4.78, 5) is 26.8. The van der Waals surface area contributed by atoms with E-state index < -0.39 is 17.3 Å². The largest absolute Gasteiger partial charge is 0.416 e. The molecule has 4 aliphatic rings. The second-order valence-electron chi connectivity index (χ2n) is 10.6. The van der Waals surface area contributed by atoms with Gasteiger partial charge in [0.25, 0.3) is 5.56 Å². The zero-order valence-corrected chi connectivity index (χ0v) is 18.3. The van der Waals surface area contributed by atoms with Crippen LogP contribution in [0, 0.1) is 23.2 Å². The molecule has 4 aliphatic carbocycles. The highest BCUT2D eigenvalue weighted by molar-refractivity contribution is 5.87. The number of benzene rings is 1. The van der Waals surface area contributed by atoms with Crippen molar-refractivity contribution in [2.45, 2.75) is 70.9 Å². The van der Waals surface area contributed by atoms with Gasteiger partial charge in [-0.1, -0.05) is 19.9 Å².